The number of phenols is 1. The Morgan fingerprint density at radius 2 is 1.89 bits per heavy atom. The van der Waals surface area contributed by atoms with Gasteiger partial charge in [0.05, 0.1) is 15.9 Å². The lowest BCUT2D eigenvalue weighted by atomic mass is 9.81. The lowest BCUT2D eigenvalue weighted by Gasteiger charge is -2.26. The van der Waals surface area contributed by atoms with E-state index in [1.165, 1.54) is 0 Å². The molecule has 11 heteroatoms. The van der Waals surface area contributed by atoms with E-state index in [9.17, 15) is 31.0 Å². The Bertz CT molecular complexity index is 1710. The van der Waals surface area contributed by atoms with Crippen LogP contribution in [0.5, 0.6) is 11.5 Å². The summed E-state index contributed by atoms with van der Waals surface area (Å²) in [6.07, 6.45) is 6.76. The van der Waals surface area contributed by atoms with Gasteiger partial charge in [0.2, 0.25) is 11.4 Å². The summed E-state index contributed by atoms with van der Waals surface area (Å²) in [4.78, 5) is -1.48. The van der Waals surface area contributed by atoms with Crippen molar-refractivity contribution in [1.82, 2.24) is 0 Å². The summed E-state index contributed by atoms with van der Waals surface area (Å²) < 4.78 is 79.7. The van der Waals surface area contributed by atoms with Gasteiger partial charge in [-0.1, -0.05) is 18.2 Å². The molecule has 0 aromatic heterocycles. The third-order valence-corrected chi connectivity index (χ3v) is 8.76. The van der Waals surface area contributed by atoms with Crippen LogP contribution in [0.2, 0.25) is 0 Å². The Kier molecular flexibility index (Phi) is 5.76. The summed E-state index contributed by atoms with van der Waals surface area (Å²) in [6, 6.07) is 8.28. The van der Waals surface area contributed by atoms with Gasteiger partial charge in [-0.15, -0.1) is 0 Å². The first-order chi connectivity index (χ1) is 17.2. The zero-order valence-corrected chi connectivity index (χ0v) is 22.0. The van der Waals surface area contributed by atoms with Crippen LogP contribution in [-0.2, 0) is 25.7 Å². The number of ether oxygens (including phenoxy) is 1. The molecule has 9 nitrogen and oxygen atoms in total. The molecule has 0 saturated carbocycles. The van der Waals surface area contributed by atoms with Crippen molar-refractivity contribution >= 4 is 43.8 Å². The molecule has 0 unspecified atom stereocenters. The van der Waals surface area contributed by atoms with Crippen LogP contribution in [0.4, 0.5) is 5.69 Å². The number of nitrogens with zero attached hydrogens (tertiary/aromatic N) is 1. The zero-order valence-electron chi connectivity index (χ0n) is 20.3. The number of para-hydroxylation sites is 1. The molecule has 2 heterocycles. The van der Waals surface area contributed by atoms with E-state index in [0.717, 1.165) is 41.8 Å². The Labute approximate surface area is 215 Å². The topological polar surface area (TPSA) is 144 Å². The van der Waals surface area contributed by atoms with Gasteiger partial charge in [-0.3, -0.25) is 4.55 Å². The van der Waals surface area contributed by atoms with E-state index < -0.39 is 41.2 Å². The van der Waals surface area contributed by atoms with Crippen LogP contribution in [0.1, 0.15) is 49.8 Å². The van der Waals surface area contributed by atoms with Crippen molar-refractivity contribution in [2.24, 2.45) is 0 Å². The van der Waals surface area contributed by atoms with E-state index in [4.69, 9.17) is 4.74 Å². The number of fused-ring (bicyclic) bond motifs is 3. The van der Waals surface area contributed by atoms with Gasteiger partial charge in [-0.2, -0.15) is 13.0 Å². The van der Waals surface area contributed by atoms with Gasteiger partial charge in [0.15, 0.2) is 4.91 Å². The molecule has 0 spiro atoms. The summed E-state index contributed by atoms with van der Waals surface area (Å²) in [5, 5.41) is 11.0. The third-order valence-electron chi connectivity index (χ3n) is 7.04. The summed E-state index contributed by atoms with van der Waals surface area (Å²) in [5.74, 6) is -0.462. The molecule has 0 saturated heterocycles. The first-order valence-electron chi connectivity index (χ1n) is 11.6. The highest BCUT2D eigenvalue weighted by molar-refractivity contribution is 7.91. The van der Waals surface area contributed by atoms with Crippen molar-refractivity contribution < 1.29 is 40.4 Å². The second kappa shape index (κ2) is 8.38. The van der Waals surface area contributed by atoms with E-state index in [2.05, 4.69) is 0 Å². The fourth-order valence-corrected chi connectivity index (χ4v) is 6.90. The Morgan fingerprint density at radius 3 is 2.54 bits per heavy atom. The van der Waals surface area contributed by atoms with E-state index in [0.29, 0.717) is 12.2 Å². The number of phenolic OH excluding ortho intramolecular Hbond substituents is 1. The molecule has 0 fully saturated rings. The molecule has 0 atom stereocenters. The quantitative estimate of drug-likeness (QED) is 0.434. The van der Waals surface area contributed by atoms with Crippen LogP contribution in [0.25, 0.3) is 12.2 Å². The van der Waals surface area contributed by atoms with Crippen LogP contribution in [0.15, 0.2) is 57.5 Å². The van der Waals surface area contributed by atoms with Crippen LogP contribution in [0.3, 0.4) is 0 Å². The van der Waals surface area contributed by atoms with Crippen molar-refractivity contribution in [3.05, 3.63) is 69.3 Å². The molecule has 194 valence electrons. The van der Waals surface area contributed by atoms with E-state index in [1.807, 2.05) is 18.2 Å². The lowest BCUT2D eigenvalue weighted by Crippen LogP contribution is -2.33. The molecule has 5 rings (SSSR count). The molecule has 3 aliphatic rings. The summed E-state index contributed by atoms with van der Waals surface area (Å²) >= 11 is 0. The maximum Gasteiger partial charge on any atom is 0.300 e. The van der Waals surface area contributed by atoms with Gasteiger partial charge in [-0.05, 0) is 63.0 Å². The molecule has 1 aliphatic carbocycles. The SMILES string of the molecule is C[N+]1=C(/C(=C\c2c(O)c(S(=O)(=O)[O-])cc3c2OC2=CCCCC2=C3)S(=O)(=O)O)C(C)(C)c2ccccc21. The van der Waals surface area contributed by atoms with Crippen molar-refractivity contribution in [1.29, 1.82) is 0 Å². The van der Waals surface area contributed by atoms with Crippen molar-refractivity contribution in [3.63, 3.8) is 0 Å². The van der Waals surface area contributed by atoms with Gasteiger partial charge in [0.25, 0.3) is 0 Å². The number of allylic oxidation sites excluding steroid dienone is 3. The van der Waals surface area contributed by atoms with Crippen molar-refractivity contribution in [2.45, 2.75) is 43.4 Å². The number of hydrogen-bond donors (Lipinski definition) is 2. The minimum atomic E-state index is -5.14. The fourth-order valence-electron chi connectivity index (χ4n) is 5.38. The molecule has 37 heavy (non-hydrogen) atoms. The van der Waals surface area contributed by atoms with Crippen molar-refractivity contribution in [3.8, 4) is 11.5 Å². The Hall–Kier alpha value is -3.25. The minimum absolute atomic E-state index is 0.0143. The van der Waals surface area contributed by atoms with E-state index in [1.54, 1.807) is 43.7 Å². The normalized spacial score (nSPS) is 18.9. The van der Waals surface area contributed by atoms with Gasteiger partial charge in [0.1, 0.15) is 34.4 Å². The summed E-state index contributed by atoms with van der Waals surface area (Å²) in [5.41, 5.74) is 1.48. The maximum absolute atomic E-state index is 12.8. The molecular formula is C26H25NO8S2. The monoisotopic (exact) mass is 543 g/mol. The van der Waals surface area contributed by atoms with E-state index >= 15 is 0 Å². The predicted octanol–water partition coefficient (Wildman–Crippen LogP) is 4.07. The Morgan fingerprint density at radius 1 is 1.19 bits per heavy atom. The first-order valence-corrected chi connectivity index (χ1v) is 14.4. The molecule has 2 aromatic rings. The number of aromatic hydroxyl groups is 1. The average molecular weight is 544 g/mol. The highest BCUT2D eigenvalue weighted by Crippen LogP contribution is 2.47. The third kappa shape index (κ3) is 4.11. The second-order valence-corrected chi connectivity index (χ2v) is 12.5. The maximum atomic E-state index is 12.8. The predicted molar refractivity (Wildman–Crippen MR) is 136 cm³/mol. The van der Waals surface area contributed by atoms with Crippen molar-refractivity contribution in [2.75, 3.05) is 7.05 Å². The van der Waals surface area contributed by atoms with Crippen LogP contribution >= 0.6 is 0 Å². The summed E-state index contributed by atoms with van der Waals surface area (Å²) in [7, 11) is -8.42. The number of hydrogen-bond acceptors (Lipinski definition) is 7. The lowest BCUT2D eigenvalue weighted by molar-refractivity contribution is -0.401. The zero-order chi connectivity index (χ0) is 26.9. The molecule has 2 N–H and O–H groups in total. The van der Waals surface area contributed by atoms with Crippen LogP contribution in [-0.4, -0.2) is 48.4 Å². The highest BCUT2D eigenvalue weighted by atomic mass is 32.2. The van der Waals surface area contributed by atoms with Gasteiger partial charge in [-0.25, -0.2) is 8.42 Å². The van der Waals surface area contributed by atoms with E-state index in [-0.39, 0.29) is 22.6 Å². The smallest absolute Gasteiger partial charge is 0.300 e. The standard InChI is InChI=1S/C26H25NO8S2/c1-26(2)18-9-5-6-10-19(18)27(3)25(26)22(37(32,33)34)14-17-23(28)21(36(29,30)31)13-16-12-15-8-4-7-11-20(15)35-24(16)17/h5-6,9-14H,4,7-8H2,1-3H3,(H2,29,30,31,32,33,34). The minimum Gasteiger partial charge on any atom is -0.744 e. The van der Waals surface area contributed by atoms with Gasteiger partial charge >= 0.3 is 10.1 Å². The number of rotatable bonds is 4. The Balaban J connectivity index is 1.85. The molecule has 0 amide bonds. The molecular weight excluding hydrogens is 518 g/mol. The fraction of sp³-hybridized carbons (Fsp3) is 0.269. The molecule has 0 radical (unpaired) electrons. The molecule has 0 bridgehead atoms. The average Bonchev–Trinajstić information content (AvgIpc) is 3.01. The van der Waals surface area contributed by atoms with Gasteiger partial charge < -0.3 is 14.4 Å². The molecule has 2 aromatic carbocycles. The van der Waals surface area contributed by atoms with Gasteiger partial charge in [0, 0.05) is 17.2 Å². The van der Waals surface area contributed by atoms with Crippen LogP contribution in [0, 0.1) is 0 Å². The molecule has 2 aliphatic heterocycles. The first kappa shape index (κ1) is 25.4. The highest BCUT2D eigenvalue weighted by Gasteiger charge is 2.49. The number of benzene rings is 2. The van der Waals surface area contributed by atoms with Crippen LogP contribution < -0.4 is 4.74 Å². The second-order valence-electron chi connectivity index (χ2n) is 9.78. The summed E-state index contributed by atoms with van der Waals surface area (Å²) in [6.45, 7) is 3.58. The largest absolute Gasteiger partial charge is 0.744 e.